The van der Waals surface area contributed by atoms with Crippen molar-refractivity contribution in [1.29, 1.82) is 0 Å². The number of nitrogens with two attached hydrogens (primary N) is 2. The summed E-state index contributed by atoms with van der Waals surface area (Å²) >= 11 is 2.22. The zero-order valence-electron chi connectivity index (χ0n) is 9.35. The summed E-state index contributed by atoms with van der Waals surface area (Å²) in [5.74, 6) is -0.283. The Morgan fingerprint density at radius 1 is 1.28 bits per heavy atom. The van der Waals surface area contributed by atoms with Crippen LogP contribution in [0.3, 0.4) is 0 Å². The first-order valence-electron chi connectivity index (χ1n) is 5.14. The summed E-state index contributed by atoms with van der Waals surface area (Å²) in [6.07, 6.45) is 1.49. The highest BCUT2D eigenvalue weighted by molar-refractivity contribution is 14.1. The molecule has 92 valence electrons. The Hall–Kier alpha value is -1.83. The van der Waals surface area contributed by atoms with Crippen LogP contribution in [0.1, 0.15) is 10.4 Å². The van der Waals surface area contributed by atoms with Gasteiger partial charge in [0.1, 0.15) is 5.82 Å². The molecule has 5 nitrogen and oxygen atoms in total. The van der Waals surface area contributed by atoms with E-state index in [1.807, 2.05) is 24.3 Å². The van der Waals surface area contributed by atoms with E-state index in [1.165, 1.54) is 12.3 Å². The molecule has 0 atom stereocenters. The maximum atomic E-state index is 11.3. The van der Waals surface area contributed by atoms with E-state index in [1.54, 1.807) is 0 Å². The topological polar surface area (TPSA) is 94.0 Å². The van der Waals surface area contributed by atoms with Crippen molar-refractivity contribution in [3.05, 3.63) is 45.7 Å². The molecule has 0 radical (unpaired) electrons. The average Bonchev–Trinajstić information content (AvgIpc) is 2.34. The second-order valence-corrected chi connectivity index (χ2v) is 4.90. The van der Waals surface area contributed by atoms with Crippen molar-refractivity contribution < 1.29 is 4.79 Å². The van der Waals surface area contributed by atoms with Gasteiger partial charge in [-0.2, -0.15) is 0 Å². The summed E-state index contributed by atoms with van der Waals surface area (Å²) in [5, 5.41) is 3.09. The molecule has 0 spiro atoms. The second-order valence-electron chi connectivity index (χ2n) is 3.65. The zero-order valence-corrected chi connectivity index (χ0v) is 11.5. The van der Waals surface area contributed by atoms with Gasteiger partial charge in [-0.25, -0.2) is 4.98 Å². The fourth-order valence-electron chi connectivity index (χ4n) is 1.46. The van der Waals surface area contributed by atoms with Crippen LogP contribution in [0.2, 0.25) is 0 Å². The van der Waals surface area contributed by atoms with Crippen LogP contribution in [-0.4, -0.2) is 10.9 Å². The van der Waals surface area contributed by atoms with Crippen molar-refractivity contribution in [2.75, 3.05) is 11.1 Å². The highest BCUT2D eigenvalue weighted by atomic mass is 127. The first kappa shape index (κ1) is 12.6. The number of anilines is 3. The van der Waals surface area contributed by atoms with Crippen LogP contribution in [0.4, 0.5) is 17.2 Å². The molecule has 1 aromatic heterocycles. The SMILES string of the molecule is NC(=O)c1cc(N)ncc1Nc1ccc(I)cc1. The van der Waals surface area contributed by atoms with Gasteiger partial charge in [0.05, 0.1) is 17.4 Å². The molecule has 0 aliphatic rings. The fraction of sp³-hybridized carbons (Fsp3) is 0. The van der Waals surface area contributed by atoms with Crippen molar-refractivity contribution in [3.63, 3.8) is 0 Å². The molecule has 0 aliphatic carbocycles. The van der Waals surface area contributed by atoms with Gasteiger partial charge < -0.3 is 16.8 Å². The number of primary amides is 1. The Balaban J connectivity index is 2.34. The summed E-state index contributed by atoms with van der Waals surface area (Å²) < 4.78 is 1.13. The van der Waals surface area contributed by atoms with E-state index in [-0.39, 0.29) is 5.82 Å². The molecule has 6 heteroatoms. The Labute approximate surface area is 118 Å². The molecular weight excluding hydrogens is 343 g/mol. The summed E-state index contributed by atoms with van der Waals surface area (Å²) in [4.78, 5) is 15.3. The number of hydrogen-bond donors (Lipinski definition) is 3. The molecule has 0 aliphatic heterocycles. The summed E-state index contributed by atoms with van der Waals surface area (Å²) in [6, 6.07) is 9.18. The smallest absolute Gasteiger partial charge is 0.251 e. The largest absolute Gasteiger partial charge is 0.384 e. The lowest BCUT2D eigenvalue weighted by Gasteiger charge is -2.10. The van der Waals surface area contributed by atoms with E-state index in [4.69, 9.17) is 11.5 Å². The third-order valence-electron chi connectivity index (χ3n) is 2.31. The van der Waals surface area contributed by atoms with Crippen LogP contribution in [0.25, 0.3) is 0 Å². The number of pyridine rings is 1. The van der Waals surface area contributed by atoms with E-state index in [2.05, 4.69) is 32.9 Å². The first-order chi connectivity index (χ1) is 8.56. The quantitative estimate of drug-likeness (QED) is 0.736. The number of aromatic nitrogens is 1. The highest BCUT2D eigenvalue weighted by Crippen LogP contribution is 2.21. The lowest BCUT2D eigenvalue weighted by atomic mass is 10.2. The second kappa shape index (κ2) is 5.21. The highest BCUT2D eigenvalue weighted by Gasteiger charge is 2.09. The normalized spacial score (nSPS) is 10.1. The number of hydrogen-bond acceptors (Lipinski definition) is 4. The fourth-order valence-corrected chi connectivity index (χ4v) is 1.82. The number of nitrogens with zero attached hydrogens (tertiary/aromatic N) is 1. The van der Waals surface area contributed by atoms with Crippen LogP contribution in [0, 0.1) is 3.57 Å². The van der Waals surface area contributed by atoms with Gasteiger partial charge in [0, 0.05) is 9.26 Å². The summed E-state index contributed by atoms with van der Waals surface area (Å²) in [5.41, 5.74) is 12.5. The number of benzene rings is 1. The van der Waals surface area contributed by atoms with Gasteiger partial charge in [0.2, 0.25) is 0 Å². The minimum atomic E-state index is -0.544. The van der Waals surface area contributed by atoms with Crippen molar-refractivity contribution in [2.24, 2.45) is 5.73 Å². The van der Waals surface area contributed by atoms with Crippen LogP contribution >= 0.6 is 22.6 Å². The van der Waals surface area contributed by atoms with Gasteiger partial charge in [-0.1, -0.05) is 0 Å². The minimum Gasteiger partial charge on any atom is -0.384 e. The molecule has 0 bridgehead atoms. The van der Waals surface area contributed by atoms with Crippen molar-refractivity contribution in [3.8, 4) is 0 Å². The van der Waals surface area contributed by atoms with Crippen LogP contribution in [0.15, 0.2) is 36.5 Å². The first-order valence-corrected chi connectivity index (χ1v) is 6.22. The van der Waals surface area contributed by atoms with E-state index < -0.39 is 5.91 Å². The van der Waals surface area contributed by atoms with Crippen LogP contribution in [-0.2, 0) is 0 Å². The Morgan fingerprint density at radius 3 is 2.56 bits per heavy atom. The van der Waals surface area contributed by atoms with Gasteiger partial charge in [0.25, 0.3) is 5.91 Å². The average molecular weight is 354 g/mol. The van der Waals surface area contributed by atoms with Gasteiger partial charge in [0.15, 0.2) is 0 Å². The number of rotatable bonds is 3. The van der Waals surface area contributed by atoms with Gasteiger partial charge in [-0.3, -0.25) is 4.79 Å². The number of nitrogen functional groups attached to an aromatic ring is 1. The third kappa shape index (κ3) is 2.89. The van der Waals surface area contributed by atoms with E-state index >= 15 is 0 Å². The molecule has 5 N–H and O–H groups in total. The Morgan fingerprint density at radius 2 is 1.94 bits per heavy atom. The van der Waals surface area contributed by atoms with Gasteiger partial charge in [-0.05, 0) is 52.9 Å². The summed E-state index contributed by atoms with van der Waals surface area (Å²) in [6.45, 7) is 0. The van der Waals surface area contributed by atoms with Crippen LogP contribution < -0.4 is 16.8 Å². The number of amides is 1. The molecule has 0 fully saturated rings. The molecule has 1 heterocycles. The number of nitrogens with one attached hydrogen (secondary N) is 1. The maximum Gasteiger partial charge on any atom is 0.251 e. The molecule has 0 saturated carbocycles. The Kier molecular flexibility index (Phi) is 3.66. The predicted octanol–water partition coefficient (Wildman–Crippen LogP) is 2.11. The zero-order chi connectivity index (χ0) is 13.1. The minimum absolute atomic E-state index is 0.261. The van der Waals surface area contributed by atoms with Crippen molar-refractivity contribution in [1.82, 2.24) is 4.98 Å². The lowest BCUT2D eigenvalue weighted by Crippen LogP contribution is -2.14. The number of carbonyl (C=O) groups excluding carboxylic acids is 1. The van der Waals surface area contributed by atoms with Crippen molar-refractivity contribution >= 4 is 45.7 Å². The molecule has 18 heavy (non-hydrogen) atoms. The summed E-state index contributed by atoms with van der Waals surface area (Å²) in [7, 11) is 0. The standard InChI is InChI=1S/C12H11IN4O/c13-7-1-3-8(4-2-7)17-10-6-16-11(14)5-9(10)12(15)18/h1-6,17H,(H2,14,16)(H2,15,18). The molecule has 1 amide bonds. The third-order valence-corrected chi connectivity index (χ3v) is 3.03. The molecule has 0 unspecified atom stereocenters. The number of halogens is 1. The lowest BCUT2D eigenvalue weighted by molar-refractivity contribution is 0.100. The van der Waals surface area contributed by atoms with Gasteiger partial charge in [-0.15, -0.1) is 0 Å². The van der Waals surface area contributed by atoms with E-state index in [0.717, 1.165) is 9.26 Å². The molecule has 0 saturated heterocycles. The maximum absolute atomic E-state index is 11.3. The van der Waals surface area contributed by atoms with E-state index in [0.29, 0.717) is 11.3 Å². The molecule has 1 aromatic carbocycles. The van der Waals surface area contributed by atoms with E-state index in [9.17, 15) is 4.79 Å². The number of carbonyl (C=O) groups is 1. The molecule has 2 rings (SSSR count). The molecule has 2 aromatic rings. The predicted molar refractivity (Wildman–Crippen MR) is 79.6 cm³/mol. The monoisotopic (exact) mass is 354 g/mol. The van der Waals surface area contributed by atoms with Gasteiger partial charge >= 0.3 is 0 Å². The van der Waals surface area contributed by atoms with Crippen molar-refractivity contribution in [2.45, 2.75) is 0 Å². The van der Waals surface area contributed by atoms with Crippen LogP contribution in [0.5, 0.6) is 0 Å². The Bertz CT molecular complexity index is 583. The molecular formula is C12H11IN4O.